The van der Waals surface area contributed by atoms with Crippen molar-refractivity contribution in [3.05, 3.63) is 29.8 Å². The summed E-state index contributed by atoms with van der Waals surface area (Å²) in [6, 6.07) is 7.79. The molecule has 0 spiro atoms. The normalized spacial score (nSPS) is 11.6. The van der Waals surface area contributed by atoms with Gasteiger partial charge in [-0.15, -0.1) is 0 Å². The molecule has 2 amide bonds. The minimum atomic E-state index is -0.503. The predicted molar refractivity (Wildman–Crippen MR) is 85.4 cm³/mol. The Morgan fingerprint density at radius 1 is 1.33 bits per heavy atom. The zero-order valence-corrected chi connectivity index (χ0v) is 13.3. The molecule has 0 aromatic heterocycles. The molecular weight excluding hydrogens is 266 g/mol. The molecule has 0 aliphatic carbocycles. The number of amides is 2. The van der Waals surface area contributed by atoms with Crippen LogP contribution in [0.25, 0.3) is 0 Å². The Bertz CT molecular complexity index is 488. The van der Waals surface area contributed by atoms with E-state index in [1.54, 1.807) is 6.92 Å². The van der Waals surface area contributed by atoms with Crippen LogP contribution in [0.4, 0.5) is 5.69 Å². The molecule has 0 bridgehead atoms. The van der Waals surface area contributed by atoms with Crippen molar-refractivity contribution in [2.45, 2.75) is 33.7 Å². The molecule has 0 aliphatic rings. The standard InChI is InChI=1S/C16H25N3O2/c1-5-19(15-8-6-7-12(2)11-15)10-9-17-16(21)13(3)18-14(4)20/h6-8,11,13H,5,9-10H2,1-4H3,(H,17,21)(H,18,20). The fourth-order valence-corrected chi connectivity index (χ4v) is 2.13. The first kappa shape index (κ1) is 17.0. The van der Waals surface area contributed by atoms with E-state index in [0.29, 0.717) is 6.54 Å². The topological polar surface area (TPSA) is 61.4 Å². The Morgan fingerprint density at radius 3 is 2.62 bits per heavy atom. The van der Waals surface area contributed by atoms with Gasteiger partial charge in [0.15, 0.2) is 0 Å². The SMILES string of the molecule is CCN(CCNC(=O)C(C)NC(C)=O)c1cccc(C)c1. The molecule has 1 aromatic rings. The summed E-state index contributed by atoms with van der Waals surface area (Å²) in [4.78, 5) is 24.9. The molecule has 1 aromatic carbocycles. The Labute approximate surface area is 126 Å². The van der Waals surface area contributed by atoms with E-state index in [1.165, 1.54) is 12.5 Å². The third kappa shape index (κ3) is 5.85. The zero-order valence-electron chi connectivity index (χ0n) is 13.3. The van der Waals surface area contributed by atoms with Crippen molar-refractivity contribution in [3.8, 4) is 0 Å². The number of benzene rings is 1. The number of nitrogens with one attached hydrogen (secondary N) is 2. The van der Waals surface area contributed by atoms with Gasteiger partial charge in [-0.1, -0.05) is 12.1 Å². The van der Waals surface area contributed by atoms with E-state index < -0.39 is 6.04 Å². The fourth-order valence-electron chi connectivity index (χ4n) is 2.13. The fraction of sp³-hybridized carbons (Fsp3) is 0.500. The molecule has 0 radical (unpaired) electrons. The van der Waals surface area contributed by atoms with Crippen LogP contribution in [0.3, 0.4) is 0 Å². The van der Waals surface area contributed by atoms with E-state index in [2.05, 4.69) is 47.6 Å². The third-order valence-electron chi connectivity index (χ3n) is 3.24. The summed E-state index contributed by atoms with van der Waals surface area (Å²) in [6.45, 7) is 9.39. The molecule has 21 heavy (non-hydrogen) atoms. The lowest BCUT2D eigenvalue weighted by molar-refractivity contribution is -0.127. The van der Waals surface area contributed by atoms with Gasteiger partial charge < -0.3 is 15.5 Å². The number of hydrogen-bond donors (Lipinski definition) is 2. The molecule has 0 heterocycles. The molecule has 1 atom stereocenters. The summed E-state index contributed by atoms with van der Waals surface area (Å²) < 4.78 is 0. The first-order valence-electron chi connectivity index (χ1n) is 7.30. The Kier molecular flexibility index (Phi) is 6.72. The van der Waals surface area contributed by atoms with Gasteiger partial charge in [0.2, 0.25) is 11.8 Å². The highest BCUT2D eigenvalue weighted by atomic mass is 16.2. The molecule has 1 rings (SSSR count). The largest absolute Gasteiger partial charge is 0.370 e. The molecular formula is C16H25N3O2. The Hall–Kier alpha value is -2.04. The predicted octanol–water partition coefficient (Wildman–Crippen LogP) is 1.46. The third-order valence-corrected chi connectivity index (χ3v) is 3.24. The second-order valence-corrected chi connectivity index (χ2v) is 5.13. The van der Waals surface area contributed by atoms with Gasteiger partial charge in [-0.05, 0) is 38.5 Å². The monoisotopic (exact) mass is 291 g/mol. The van der Waals surface area contributed by atoms with Crippen LogP contribution in [0.15, 0.2) is 24.3 Å². The molecule has 5 heteroatoms. The van der Waals surface area contributed by atoms with Crippen LogP contribution >= 0.6 is 0 Å². The number of nitrogens with zero attached hydrogens (tertiary/aromatic N) is 1. The van der Waals surface area contributed by atoms with Crippen molar-refractivity contribution in [2.24, 2.45) is 0 Å². The second-order valence-electron chi connectivity index (χ2n) is 5.13. The maximum Gasteiger partial charge on any atom is 0.242 e. The van der Waals surface area contributed by atoms with Crippen LogP contribution in [0, 0.1) is 6.92 Å². The first-order valence-corrected chi connectivity index (χ1v) is 7.30. The Balaban J connectivity index is 2.46. The molecule has 0 fully saturated rings. The number of carbonyl (C=O) groups is 2. The number of anilines is 1. The van der Waals surface area contributed by atoms with Crippen molar-refractivity contribution in [2.75, 3.05) is 24.5 Å². The van der Waals surface area contributed by atoms with Crippen LogP contribution < -0.4 is 15.5 Å². The second kappa shape index (κ2) is 8.29. The molecule has 0 saturated carbocycles. The van der Waals surface area contributed by atoms with Crippen LogP contribution in [0.5, 0.6) is 0 Å². The van der Waals surface area contributed by atoms with Gasteiger partial charge in [-0.2, -0.15) is 0 Å². The molecule has 5 nitrogen and oxygen atoms in total. The van der Waals surface area contributed by atoms with E-state index in [1.807, 2.05) is 6.07 Å². The summed E-state index contributed by atoms with van der Waals surface area (Å²) in [5.74, 6) is -0.363. The lowest BCUT2D eigenvalue weighted by atomic mass is 10.2. The van der Waals surface area contributed by atoms with Crippen molar-refractivity contribution in [1.82, 2.24) is 10.6 Å². The van der Waals surface area contributed by atoms with E-state index in [4.69, 9.17) is 0 Å². The van der Waals surface area contributed by atoms with Crippen molar-refractivity contribution >= 4 is 17.5 Å². The van der Waals surface area contributed by atoms with Crippen molar-refractivity contribution in [3.63, 3.8) is 0 Å². The van der Waals surface area contributed by atoms with Gasteiger partial charge in [0.05, 0.1) is 0 Å². The summed E-state index contributed by atoms with van der Waals surface area (Å²) in [7, 11) is 0. The maximum absolute atomic E-state index is 11.8. The van der Waals surface area contributed by atoms with Crippen molar-refractivity contribution in [1.29, 1.82) is 0 Å². The number of likely N-dealkylation sites (N-methyl/N-ethyl adjacent to an activating group) is 1. The average molecular weight is 291 g/mol. The highest BCUT2D eigenvalue weighted by Crippen LogP contribution is 2.14. The van der Waals surface area contributed by atoms with E-state index >= 15 is 0 Å². The van der Waals surface area contributed by atoms with E-state index in [-0.39, 0.29) is 11.8 Å². The summed E-state index contributed by atoms with van der Waals surface area (Å²) in [5.41, 5.74) is 2.37. The number of carbonyl (C=O) groups excluding carboxylic acids is 2. The summed E-state index contributed by atoms with van der Waals surface area (Å²) >= 11 is 0. The lowest BCUT2D eigenvalue weighted by Gasteiger charge is -2.24. The molecule has 0 saturated heterocycles. The smallest absolute Gasteiger partial charge is 0.242 e. The van der Waals surface area contributed by atoms with Gasteiger partial charge in [0.1, 0.15) is 6.04 Å². The number of rotatable bonds is 7. The van der Waals surface area contributed by atoms with Gasteiger partial charge in [-0.3, -0.25) is 9.59 Å². The van der Waals surface area contributed by atoms with Gasteiger partial charge in [0.25, 0.3) is 0 Å². The van der Waals surface area contributed by atoms with E-state index in [0.717, 1.165) is 18.8 Å². The quantitative estimate of drug-likeness (QED) is 0.799. The average Bonchev–Trinajstić information content (AvgIpc) is 2.42. The minimum Gasteiger partial charge on any atom is -0.370 e. The molecule has 116 valence electrons. The number of hydrogen-bond acceptors (Lipinski definition) is 3. The number of aryl methyl sites for hydroxylation is 1. The van der Waals surface area contributed by atoms with Crippen LogP contribution in [-0.4, -0.2) is 37.5 Å². The first-order chi connectivity index (χ1) is 9.93. The summed E-state index contributed by atoms with van der Waals surface area (Å²) in [6.07, 6.45) is 0. The van der Waals surface area contributed by atoms with Gasteiger partial charge >= 0.3 is 0 Å². The van der Waals surface area contributed by atoms with E-state index in [9.17, 15) is 9.59 Å². The lowest BCUT2D eigenvalue weighted by Crippen LogP contribution is -2.46. The zero-order chi connectivity index (χ0) is 15.8. The van der Waals surface area contributed by atoms with Gasteiger partial charge in [-0.25, -0.2) is 0 Å². The highest BCUT2D eigenvalue weighted by Gasteiger charge is 2.13. The summed E-state index contributed by atoms with van der Waals surface area (Å²) in [5, 5.41) is 5.41. The Morgan fingerprint density at radius 2 is 2.05 bits per heavy atom. The van der Waals surface area contributed by atoms with Crippen LogP contribution in [-0.2, 0) is 9.59 Å². The van der Waals surface area contributed by atoms with Crippen molar-refractivity contribution < 1.29 is 9.59 Å². The van der Waals surface area contributed by atoms with Gasteiger partial charge in [0, 0.05) is 32.2 Å². The molecule has 2 N–H and O–H groups in total. The maximum atomic E-state index is 11.8. The van der Waals surface area contributed by atoms with Crippen LogP contribution in [0.1, 0.15) is 26.3 Å². The molecule has 1 unspecified atom stereocenters. The minimum absolute atomic E-state index is 0.162. The highest BCUT2D eigenvalue weighted by molar-refractivity contribution is 5.86. The molecule has 0 aliphatic heterocycles. The van der Waals surface area contributed by atoms with Crippen LogP contribution in [0.2, 0.25) is 0 Å².